The number of carbonyl (C=O) groups excluding carboxylic acids is 1. The number of aliphatic imine (C=N–C) groups is 1. The van der Waals surface area contributed by atoms with E-state index in [-0.39, 0.29) is 12.5 Å². The third kappa shape index (κ3) is 6.97. The van der Waals surface area contributed by atoms with Gasteiger partial charge in [0, 0.05) is 43.3 Å². The van der Waals surface area contributed by atoms with Gasteiger partial charge in [-0.25, -0.2) is 9.98 Å². The van der Waals surface area contributed by atoms with Gasteiger partial charge in [-0.15, -0.1) is 11.3 Å². The first-order valence-electron chi connectivity index (χ1n) is 9.08. The molecule has 2 aromatic heterocycles. The van der Waals surface area contributed by atoms with Crippen molar-refractivity contribution < 1.29 is 4.79 Å². The van der Waals surface area contributed by atoms with Gasteiger partial charge in [-0.3, -0.25) is 9.78 Å². The summed E-state index contributed by atoms with van der Waals surface area (Å²) in [5, 5.41) is 7.41. The minimum atomic E-state index is -0.0240. The topological polar surface area (TPSA) is 82.5 Å². The molecule has 0 radical (unpaired) electrons. The second-order valence-corrected chi connectivity index (χ2v) is 7.47. The molecular formula is C19H28N6OS. The van der Waals surface area contributed by atoms with E-state index in [1.807, 2.05) is 32.0 Å². The highest BCUT2D eigenvalue weighted by molar-refractivity contribution is 7.11. The summed E-state index contributed by atoms with van der Waals surface area (Å²) < 4.78 is 0. The molecule has 0 spiro atoms. The minimum absolute atomic E-state index is 0.0240. The average Bonchev–Trinajstić information content (AvgIpc) is 3.00. The maximum absolute atomic E-state index is 12.3. The van der Waals surface area contributed by atoms with Crippen LogP contribution in [0.15, 0.2) is 29.4 Å². The molecule has 27 heavy (non-hydrogen) atoms. The summed E-state index contributed by atoms with van der Waals surface area (Å²) in [5.41, 5.74) is 2.04. The predicted octanol–water partition coefficient (Wildman–Crippen LogP) is 1.91. The van der Waals surface area contributed by atoms with Crippen molar-refractivity contribution in [2.45, 2.75) is 33.7 Å². The maximum atomic E-state index is 12.3. The molecule has 2 heterocycles. The van der Waals surface area contributed by atoms with Crippen LogP contribution in [-0.2, 0) is 17.8 Å². The lowest BCUT2D eigenvalue weighted by Crippen LogP contribution is -2.38. The lowest BCUT2D eigenvalue weighted by Gasteiger charge is -2.16. The van der Waals surface area contributed by atoms with E-state index in [9.17, 15) is 4.79 Å². The highest BCUT2D eigenvalue weighted by Gasteiger charge is 2.10. The molecule has 0 fully saturated rings. The summed E-state index contributed by atoms with van der Waals surface area (Å²) in [4.78, 5) is 28.4. The molecule has 0 aliphatic rings. The van der Waals surface area contributed by atoms with E-state index in [2.05, 4.69) is 32.5 Å². The van der Waals surface area contributed by atoms with Gasteiger partial charge in [0.15, 0.2) is 5.96 Å². The van der Waals surface area contributed by atoms with Crippen LogP contribution in [0, 0.1) is 13.8 Å². The normalized spacial score (nSPS) is 11.3. The molecule has 2 aromatic rings. The van der Waals surface area contributed by atoms with Gasteiger partial charge in [0.1, 0.15) is 11.6 Å². The van der Waals surface area contributed by atoms with Crippen LogP contribution in [0.4, 0.5) is 0 Å². The molecule has 0 saturated carbocycles. The first-order chi connectivity index (χ1) is 13.0. The molecule has 0 atom stereocenters. The van der Waals surface area contributed by atoms with E-state index in [0.717, 1.165) is 29.4 Å². The fourth-order valence-corrected chi connectivity index (χ4v) is 3.21. The summed E-state index contributed by atoms with van der Waals surface area (Å²) in [7, 11) is 1.79. The number of guanidine groups is 1. The Hall–Kier alpha value is -2.48. The Kier molecular flexibility index (Phi) is 8.19. The van der Waals surface area contributed by atoms with Gasteiger partial charge in [0.05, 0.1) is 12.2 Å². The molecule has 0 bridgehead atoms. The lowest BCUT2D eigenvalue weighted by atomic mass is 10.2. The zero-order valence-corrected chi connectivity index (χ0v) is 17.3. The van der Waals surface area contributed by atoms with E-state index in [1.165, 1.54) is 4.88 Å². The van der Waals surface area contributed by atoms with E-state index >= 15 is 0 Å². The Morgan fingerprint density at radius 2 is 2.11 bits per heavy atom. The van der Waals surface area contributed by atoms with Crippen molar-refractivity contribution in [3.63, 3.8) is 0 Å². The van der Waals surface area contributed by atoms with Gasteiger partial charge in [-0.2, -0.15) is 0 Å². The number of likely N-dealkylation sites (N-methyl/N-ethyl adjacent to an activating group) is 1. The first kappa shape index (κ1) is 20.8. The van der Waals surface area contributed by atoms with Crippen molar-refractivity contribution in [3.05, 3.63) is 45.7 Å². The molecule has 2 rings (SSSR count). The average molecular weight is 389 g/mol. The van der Waals surface area contributed by atoms with Crippen LogP contribution < -0.4 is 10.6 Å². The number of aryl methyl sites for hydroxylation is 2. The van der Waals surface area contributed by atoms with Crippen LogP contribution in [0.1, 0.15) is 28.2 Å². The molecule has 1 amide bonds. The standard InChI is InChI=1S/C19H28N6OS/c1-5-20-19(22-12-17-24-14(2)15(3)27-17)23-13-18(26)25(4)11-9-16-8-6-7-10-21-16/h6-8,10H,5,9,11-13H2,1-4H3,(H2,20,22,23). The summed E-state index contributed by atoms with van der Waals surface area (Å²) in [6.07, 6.45) is 2.50. The number of aromatic nitrogens is 2. The van der Waals surface area contributed by atoms with Crippen molar-refractivity contribution in [3.8, 4) is 0 Å². The number of hydrogen-bond donors (Lipinski definition) is 2. The number of thiazole rings is 1. The first-order valence-corrected chi connectivity index (χ1v) is 9.90. The van der Waals surface area contributed by atoms with Crippen molar-refractivity contribution in [1.29, 1.82) is 0 Å². The summed E-state index contributed by atoms with van der Waals surface area (Å²) >= 11 is 1.67. The van der Waals surface area contributed by atoms with Gasteiger partial charge in [0.2, 0.25) is 5.91 Å². The molecule has 7 nitrogen and oxygen atoms in total. The Morgan fingerprint density at radius 1 is 1.30 bits per heavy atom. The highest BCUT2D eigenvalue weighted by atomic mass is 32.1. The molecule has 2 N–H and O–H groups in total. The predicted molar refractivity (Wildman–Crippen MR) is 110 cm³/mol. The largest absolute Gasteiger partial charge is 0.357 e. The van der Waals surface area contributed by atoms with Crippen LogP contribution in [0.5, 0.6) is 0 Å². The fourth-order valence-electron chi connectivity index (χ4n) is 2.34. The van der Waals surface area contributed by atoms with Crippen LogP contribution in [0.25, 0.3) is 0 Å². The van der Waals surface area contributed by atoms with Crippen LogP contribution in [0.2, 0.25) is 0 Å². The minimum Gasteiger partial charge on any atom is -0.357 e. The van der Waals surface area contributed by atoms with Crippen molar-refractivity contribution in [1.82, 2.24) is 25.5 Å². The molecule has 8 heteroatoms. The van der Waals surface area contributed by atoms with Crippen molar-refractivity contribution >= 4 is 23.2 Å². The van der Waals surface area contributed by atoms with E-state index in [1.54, 1.807) is 29.5 Å². The fraction of sp³-hybridized carbons (Fsp3) is 0.474. The smallest absolute Gasteiger partial charge is 0.244 e. The molecule has 0 aliphatic carbocycles. The number of hydrogen-bond acceptors (Lipinski definition) is 5. The molecular weight excluding hydrogens is 360 g/mol. The van der Waals surface area contributed by atoms with Crippen molar-refractivity contribution in [2.75, 3.05) is 26.7 Å². The highest BCUT2D eigenvalue weighted by Crippen LogP contribution is 2.15. The number of amides is 1. The molecule has 0 unspecified atom stereocenters. The quantitative estimate of drug-likeness (QED) is 0.533. The van der Waals surface area contributed by atoms with Crippen LogP contribution in [0.3, 0.4) is 0 Å². The van der Waals surface area contributed by atoms with Crippen LogP contribution >= 0.6 is 11.3 Å². The number of nitrogens with one attached hydrogen (secondary N) is 2. The third-order valence-electron chi connectivity index (χ3n) is 4.05. The van der Waals surface area contributed by atoms with E-state index < -0.39 is 0 Å². The number of nitrogens with zero attached hydrogens (tertiary/aromatic N) is 4. The summed E-state index contributed by atoms with van der Waals surface area (Å²) in [6.45, 7) is 8.11. The second kappa shape index (κ2) is 10.6. The third-order valence-corrected chi connectivity index (χ3v) is 5.12. The summed E-state index contributed by atoms with van der Waals surface area (Å²) in [5.74, 6) is 0.596. The Labute approximate surface area is 164 Å². The molecule has 0 aliphatic heterocycles. The van der Waals surface area contributed by atoms with Gasteiger partial charge in [-0.05, 0) is 32.9 Å². The molecule has 0 saturated heterocycles. The summed E-state index contributed by atoms with van der Waals surface area (Å²) in [6, 6.07) is 5.80. The van der Waals surface area contributed by atoms with E-state index in [0.29, 0.717) is 19.0 Å². The van der Waals surface area contributed by atoms with Gasteiger partial charge in [-0.1, -0.05) is 6.07 Å². The van der Waals surface area contributed by atoms with Gasteiger partial charge < -0.3 is 15.5 Å². The lowest BCUT2D eigenvalue weighted by molar-refractivity contribution is -0.128. The van der Waals surface area contributed by atoms with Crippen molar-refractivity contribution in [2.24, 2.45) is 4.99 Å². The SMILES string of the molecule is CCNC(=NCC(=O)N(C)CCc1ccccn1)NCc1nc(C)c(C)s1. The second-order valence-electron chi connectivity index (χ2n) is 6.18. The Morgan fingerprint density at radius 3 is 2.74 bits per heavy atom. The van der Waals surface area contributed by atoms with Crippen LogP contribution in [-0.4, -0.2) is 53.4 Å². The van der Waals surface area contributed by atoms with Gasteiger partial charge >= 0.3 is 0 Å². The Bertz CT molecular complexity index is 739. The number of pyridine rings is 1. The Balaban J connectivity index is 1.83. The van der Waals surface area contributed by atoms with E-state index in [4.69, 9.17) is 0 Å². The monoisotopic (exact) mass is 388 g/mol. The maximum Gasteiger partial charge on any atom is 0.244 e. The zero-order valence-electron chi connectivity index (χ0n) is 16.5. The molecule has 146 valence electrons. The number of carbonyl (C=O) groups is 1. The zero-order chi connectivity index (χ0) is 19.6. The number of rotatable bonds is 8. The van der Waals surface area contributed by atoms with Gasteiger partial charge in [0.25, 0.3) is 0 Å². The molecule has 0 aromatic carbocycles.